The molecule has 1 heterocycles. The summed E-state index contributed by atoms with van der Waals surface area (Å²) < 4.78 is 0. The maximum absolute atomic E-state index is 13.9. The van der Waals surface area contributed by atoms with Gasteiger partial charge in [-0.2, -0.15) is 11.8 Å². The molecular weight excluding hydrogens is 857 g/mol. The van der Waals surface area contributed by atoms with Crippen LogP contribution in [0.5, 0.6) is 5.75 Å². The molecule has 0 unspecified atom stereocenters. The van der Waals surface area contributed by atoms with E-state index in [1.165, 1.54) is 37.7 Å². The van der Waals surface area contributed by atoms with Crippen LogP contribution in [-0.4, -0.2) is 141 Å². The van der Waals surface area contributed by atoms with E-state index in [4.69, 9.17) is 5.73 Å². The van der Waals surface area contributed by atoms with Crippen molar-refractivity contribution in [1.82, 2.24) is 37.2 Å². The van der Waals surface area contributed by atoms with Gasteiger partial charge in [0.05, 0.1) is 24.8 Å². The van der Waals surface area contributed by atoms with Gasteiger partial charge in [-0.05, 0) is 67.9 Å². The molecule has 1 fully saturated rings. The third kappa shape index (κ3) is 16.4. The van der Waals surface area contributed by atoms with Gasteiger partial charge in [-0.15, -0.1) is 0 Å². The Morgan fingerprint density at radius 1 is 0.841 bits per heavy atom. The number of aromatic hydroxyl groups is 1. The van der Waals surface area contributed by atoms with E-state index in [1.54, 1.807) is 49.4 Å². The van der Waals surface area contributed by atoms with Gasteiger partial charge in [0.2, 0.25) is 46.5 Å². The number of nitrogens with one attached hydrogen (secondary N) is 7. The highest BCUT2D eigenvalue weighted by atomic mass is 32.2. The number of carbonyl (C=O) groups is 8. The molecule has 0 aromatic heterocycles. The number of hydrogen-bond donors (Lipinski definition) is 11. The molecule has 2 aromatic carbocycles. The molecule has 12 N–H and O–H groups in total. The van der Waals surface area contributed by atoms with Crippen molar-refractivity contribution < 1.29 is 53.7 Å². The zero-order chi connectivity index (χ0) is 46.8. The fraction of sp³-hybridized carbons (Fsp3) is 0.524. The molecule has 21 heteroatoms. The number of aliphatic hydroxyl groups excluding tert-OH is 2. The lowest BCUT2D eigenvalue weighted by Gasteiger charge is -2.30. The van der Waals surface area contributed by atoms with E-state index in [9.17, 15) is 53.7 Å². The third-order valence-corrected chi connectivity index (χ3v) is 12.0. The summed E-state index contributed by atoms with van der Waals surface area (Å²) in [7, 11) is 0. The van der Waals surface area contributed by atoms with Crippen LogP contribution in [0.3, 0.4) is 0 Å². The minimum absolute atomic E-state index is 0.00756. The van der Waals surface area contributed by atoms with Crippen molar-refractivity contribution >= 4 is 70.0 Å². The summed E-state index contributed by atoms with van der Waals surface area (Å²) in [5.74, 6) is -6.38. The predicted molar refractivity (Wildman–Crippen MR) is 238 cm³/mol. The third-order valence-electron chi connectivity index (χ3n) is 10.3. The number of phenols is 1. The van der Waals surface area contributed by atoms with Gasteiger partial charge in [0.25, 0.3) is 0 Å². The first-order valence-electron chi connectivity index (χ1n) is 20.5. The Morgan fingerprint density at radius 2 is 1.49 bits per heavy atom. The van der Waals surface area contributed by atoms with E-state index < -0.39 is 113 Å². The molecule has 19 nitrogen and oxygen atoms in total. The fourth-order valence-corrected chi connectivity index (χ4v) is 7.67. The standard InChI is InChI=1S/C42H60N8O11S2/c1-6-22(2)33-40(59)45-29(16-17-62-5)42(61)63-21-32(39(58)44-23(3)35(54)46-30(37(56)49-33)19-25-10-8-7-9-11-25)48-41(60)34(24(4)52)50-38(57)31(20-51)47-36(55)28(43)18-26-12-14-27(53)15-13-26/h7-15,22-24,28-34,51-53H,6,16-21,43H2,1-5H3,(H,44,58)(H,45,59)(H,46,54)(H,47,55)(H,48,60)(H,49,56)(H,50,57)/t22-,23+,24+,28-,29+,30+,31-,32+,33+,34-/m0/s1. The van der Waals surface area contributed by atoms with Crippen molar-refractivity contribution in [3.8, 4) is 5.75 Å². The Morgan fingerprint density at radius 3 is 2.10 bits per heavy atom. The minimum atomic E-state index is -1.77. The van der Waals surface area contributed by atoms with Crippen LogP contribution in [0.4, 0.5) is 0 Å². The Bertz CT molecular complexity index is 1890. The normalized spacial score (nSPS) is 22.7. The highest BCUT2D eigenvalue weighted by Crippen LogP contribution is 2.17. The van der Waals surface area contributed by atoms with E-state index in [0.29, 0.717) is 35.1 Å². The molecule has 0 aliphatic carbocycles. The summed E-state index contributed by atoms with van der Waals surface area (Å²) >= 11 is 2.04. The summed E-state index contributed by atoms with van der Waals surface area (Å²) in [6, 6.07) is 3.91. The van der Waals surface area contributed by atoms with Crippen molar-refractivity contribution in [2.24, 2.45) is 11.7 Å². The van der Waals surface area contributed by atoms with Crippen LogP contribution < -0.4 is 43.0 Å². The second-order valence-electron chi connectivity index (χ2n) is 15.3. The summed E-state index contributed by atoms with van der Waals surface area (Å²) in [6.45, 7) is 5.19. The Balaban J connectivity index is 1.89. The van der Waals surface area contributed by atoms with E-state index in [2.05, 4.69) is 37.2 Å². The van der Waals surface area contributed by atoms with Gasteiger partial charge >= 0.3 is 0 Å². The molecule has 0 bridgehead atoms. The molecule has 0 radical (unpaired) electrons. The molecule has 1 saturated heterocycles. The van der Waals surface area contributed by atoms with Crippen LogP contribution in [0, 0.1) is 5.92 Å². The molecular formula is C42H60N8O11S2. The summed E-state index contributed by atoms with van der Waals surface area (Å²) in [4.78, 5) is 109. The summed E-state index contributed by atoms with van der Waals surface area (Å²) in [5, 5.41) is 47.3. The predicted octanol–water partition coefficient (Wildman–Crippen LogP) is -1.64. The minimum Gasteiger partial charge on any atom is -0.508 e. The van der Waals surface area contributed by atoms with Crippen molar-refractivity contribution in [2.45, 2.75) is 108 Å². The zero-order valence-electron chi connectivity index (χ0n) is 35.9. The number of hydrogen-bond acceptors (Lipinski definition) is 14. The van der Waals surface area contributed by atoms with Crippen LogP contribution in [0.15, 0.2) is 54.6 Å². The topological polar surface area (TPSA) is 307 Å². The van der Waals surface area contributed by atoms with Crippen LogP contribution in [0.1, 0.15) is 51.7 Å². The number of nitrogens with two attached hydrogens (primary N) is 1. The maximum atomic E-state index is 13.9. The lowest BCUT2D eigenvalue weighted by atomic mass is 9.96. The number of aliphatic hydroxyl groups is 2. The van der Waals surface area contributed by atoms with Crippen LogP contribution in [0.2, 0.25) is 0 Å². The molecule has 1 aliphatic rings. The van der Waals surface area contributed by atoms with Gasteiger partial charge in [0.1, 0.15) is 42.0 Å². The number of benzene rings is 2. The van der Waals surface area contributed by atoms with Crippen LogP contribution in [0.25, 0.3) is 0 Å². The highest BCUT2D eigenvalue weighted by molar-refractivity contribution is 8.13. The first-order valence-corrected chi connectivity index (χ1v) is 22.9. The van der Waals surface area contributed by atoms with E-state index in [1.807, 2.05) is 13.2 Å². The highest BCUT2D eigenvalue weighted by Gasteiger charge is 2.37. The Hall–Kier alpha value is -5.22. The SMILES string of the molecule is CC[C@H](C)[C@H]1NC(=O)[C@@H](Cc2ccccc2)NC(=O)[C@@H](C)NC(=O)[C@H](NC(=O)[C@@H](NC(=O)[C@H](CO)NC(=O)[C@@H](N)Cc2ccc(O)cc2)[C@@H](C)O)CSC(=O)[C@@H](CCSC)NC1=O. The smallest absolute Gasteiger partial charge is 0.245 e. The molecule has 0 saturated carbocycles. The average Bonchev–Trinajstić information content (AvgIpc) is 3.25. The number of phenolic OH excluding ortho intramolecular Hbond substituents is 1. The first-order chi connectivity index (χ1) is 29.9. The molecule has 2 aromatic rings. The van der Waals surface area contributed by atoms with Crippen molar-refractivity contribution in [3.63, 3.8) is 0 Å². The molecule has 7 amide bonds. The lowest BCUT2D eigenvalue weighted by molar-refractivity contribution is -0.136. The van der Waals surface area contributed by atoms with Gasteiger partial charge < -0.3 is 58.3 Å². The van der Waals surface area contributed by atoms with Crippen molar-refractivity contribution in [1.29, 1.82) is 0 Å². The summed E-state index contributed by atoms with van der Waals surface area (Å²) in [6.07, 6.45) is 0.924. The van der Waals surface area contributed by atoms with Crippen LogP contribution >= 0.6 is 23.5 Å². The number of amides is 7. The zero-order valence-corrected chi connectivity index (χ0v) is 37.6. The molecule has 3 rings (SSSR count). The lowest BCUT2D eigenvalue weighted by Crippen LogP contribution is -2.62. The van der Waals surface area contributed by atoms with Gasteiger partial charge in [0.15, 0.2) is 0 Å². The monoisotopic (exact) mass is 916 g/mol. The van der Waals surface area contributed by atoms with Crippen LogP contribution in [-0.2, 0) is 51.2 Å². The first kappa shape index (κ1) is 52.1. The van der Waals surface area contributed by atoms with Gasteiger partial charge in [0, 0.05) is 12.2 Å². The molecule has 63 heavy (non-hydrogen) atoms. The number of rotatable bonds is 17. The quantitative estimate of drug-likeness (QED) is 0.0850. The largest absolute Gasteiger partial charge is 0.508 e. The Labute approximate surface area is 375 Å². The van der Waals surface area contributed by atoms with E-state index in [0.717, 1.165) is 0 Å². The average molecular weight is 917 g/mol. The molecule has 346 valence electrons. The van der Waals surface area contributed by atoms with Gasteiger partial charge in [-0.1, -0.05) is 74.5 Å². The van der Waals surface area contributed by atoms with Gasteiger partial charge in [-0.25, -0.2) is 0 Å². The Kier molecular flexibility index (Phi) is 21.3. The number of thioether (sulfide) groups is 2. The molecule has 10 atom stereocenters. The fourth-order valence-electron chi connectivity index (χ4n) is 6.26. The van der Waals surface area contributed by atoms with Crippen molar-refractivity contribution in [3.05, 3.63) is 65.7 Å². The molecule has 1 aliphatic heterocycles. The maximum Gasteiger partial charge on any atom is 0.245 e. The number of carbonyl (C=O) groups excluding carboxylic acids is 8. The van der Waals surface area contributed by atoms with Crippen molar-refractivity contribution in [2.75, 3.05) is 24.4 Å². The summed E-state index contributed by atoms with van der Waals surface area (Å²) in [5.41, 5.74) is 7.31. The van der Waals surface area contributed by atoms with E-state index >= 15 is 0 Å². The molecule has 0 spiro atoms. The van der Waals surface area contributed by atoms with Gasteiger partial charge in [-0.3, -0.25) is 38.4 Å². The van der Waals surface area contributed by atoms with E-state index in [-0.39, 0.29) is 30.9 Å². The second kappa shape index (κ2) is 25.8. The second-order valence-corrected chi connectivity index (χ2v) is 17.3.